The van der Waals surface area contributed by atoms with Gasteiger partial charge in [-0.2, -0.15) is 0 Å². The zero-order chi connectivity index (χ0) is 20.9. The zero-order valence-electron chi connectivity index (χ0n) is 17.3. The smallest absolute Gasteiger partial charge is 0.295 e. The van der Waals surface area contributed by atoms with E-state index >= 15 is 0 Å². The maximum atomic E-state index is 13.3. The Bertz CT molecular complexity index is 1020. The lowest BCUT2D eigenvalue weighted by atomic mass is 9.88. The quantitative estimate of drug-likeness (QED) is 0.468. The maximum Gasteiger partial charge on any atom is 0.295 e. The third-order valence-electron chi connectivity index (χ3n) is 5.90. The molecule has 4 rings (SSSR count). The van der Waals surface area contributed by atoms with Crippen LogP contribution >= 0.6 is 0 Å². The number of amides is 1. The summed E-state index contributed by atoms with van der Waals surface area (Å²) in [6.45, 7) is 0.940. The van der Waals surface area contributed by atoms with Crippen molar-refractivity contribution in [2.45, 2.75) is 38.6 Å². The number of methoxy groups -OCH3 is 1. The van der Waals surface area contributed by atoms with E-state index in [1.165, 1.54) is 19.3 Å². The van der Waals surface area contributed by atoms with Gasteiger partial charge in [-0.15, -0.1) is 0 Å². The minimum absolute atomic E-state index is 0.345. The summed E-state index contributed by atoms with van der Waals surface area (Å²) >= 11 is 0. The molecule has 1 aliphatic rings. The SMILES string of the molecule is COc1ccc2c(C(=O)C(=O)N(Cc3ccccn3)CC3CCCCC3)c[nH]c2c1. The molecule has 0 spiro atoms. The highest BCUT2D eigenvalue weighted by atomic mass is 16.5. The number of nitrogens with zero attached hydrogens (tertiary/aromatic N) is 2. The minimum Gasteiger partial charge on any atom is -0.497 e. The predicted molar refractivity (Wildman–Crippen MR) is 115 cm³/mol. The average molecular weight is 405 g/mol. The van der Waals surface area contributed by atoms with Gasteiger partial charge in [0.1, 0.15) is 5.75 Å². The van der Waals surface area contributed by atoms with E-state index < -0.39 is 11.7 Å². The topological polar surface area (TPSA) is 75.3 Å². The van der Waals surface area contributed by atoms with Crippen LogP contribution in [-0.4, -0.2) is 40.2 Å². The molecular formula is C24H27N3O3. The van der Waals surface area contributed by atoms with Crippen molar-refractivity contribution in [2.24, 2.45) is 5.92 Å². The van der Waals surface area contributed by atoms with Crippen molar-refractivity contribution in [1.29, 1.82) is 0 Å². The van der Waals surface area contributed by atoms with Crippen LogP contribution in [0.15, 0.2) is 48.8 Å². The van der Waals surface area contributed by atoms with Gasteiger partial charge >= 0.3 is 0 Å². The third-order valence-corrected chi connectivity index (χ3v) is 5.90. The number of fused-ring (bicyclic) bond motifs is 1. The van der Waals surface area contributed by atoms with Crippen LogP contribution in [0.1, 0.15) is 48.2 Å². The lowest BCUT2D eigenvalue weighted by Crippen LogP contribution is -2.40. The Kier molecular flexibility index (Phi) is 6.12. The molecule has 1 saturated carbocycles. The van der Waals surface area contributed by atoms with Crippen LogP contribution in [0.25, 0.3) is 10.9 Å². The molecule has 3 aromatic rings. The number of ketones is 1. The number of aromatic amines is 1. The number of rotatable bonds is 7. The number of hydrogen-bond acceptors (Lipinski definition) is 4. The molecule has 0 unspecified atom stereocenters. The minimum atomic E-state index is -0.488. The first kappa shape index (κ1) is 20.1. The second kappa shape index (κ2) is 9.11. The van der Waals surface area contributed by atoms with Gasteiger partial charge in [0.25, 0.3) is 11.7 Å². The Balaban J connectivity index is 1.58. The van der Waals surface area contributed by atoms with Gasteiger partial charge in [-0.05, 0) is 43.0 Å². The van der Waals surface area contributed by atoms with Gasteiger partial charge in [-0.3, -0.25) is 14.6 Å². The summed E-state index contributed by atoms with van der Waals surface area (Å²) in [7, 11) is 1.60. The summed E-state index contributed by atoms with van der Waals surface area (Å²) in [5.41, 5.74) is 1.96. The highest BCUT2D eigenvalue weighted by Gasteiger charge is 2.28. The number of ether oxygens (including phenoxy) is 1. The molecule has 2 heterocycles. The molecule has 1 aromatic carbocycles. The summed E-state index contributed by atoms with van der Waals surface area (Å²) < 4.78 is 5.24. The predicted octanol–water partition coefficient (Wildman–Crippen LogP) is 4.36. The van der Waals surface area contributed by atoms with Crippen LogP contribution in [0.4, 0.5) is 0 Å². The number of carbonyl (C=O) groups excluding carboxylic acids is 2. The molecule has 2 aromatic heterocycles. The molecule has 0 aliphatic heterocycles. The molecule has 0 bridgehead atoms. The van der Waals surface area contributed by atoms with E-state index in [9.17, 15) is 9.59 Å². The van der Waals surface area contributed by atoms with E-state index in [1.54, 1.807) is 30.5 Å². The van der Waals surface area contributed by atoms with Gasteiger partial charge in [-0.25, -0.2) is 0 Å². The summed E-state index contributed by atoms with van der Waals surface area (Å²) in [6, 6.07) is 11.1. The third kappa shape index (κ3) is 4.37. The summed E-state index contributed by atoms with van der Waals surface area (Å²) in [5.74, 6) is 0.177. The van der Waals surface area contributed by atoms with Crippen LogP contribution < -0.4 is 4.74 Å². The highest BCUT2D eigenvalue weighted by molar-refractivity contribution is 6.44. The highest BCUT2D eigenvalue weighted by Crippen LogP contribution is 2.27. The standard InChI is InChI=1S/C24H27N3O3/c1-30-19-10-11-20-21(14-26-22(20)13-19)23(28)24(29)27(15-17-7-3-2-4-8-17)16-18-9-5-6-12-25-18/h5-6,9-14,17,26H,2-4,7-8,15-16H2,1H3. The molecule has 0 saturated heterocycles. The Labute approximate surface area is 176 Å². The fourth-order valence-corrected chi connectivity index (χ4v) is 4.27. The first-order valence-corrected chi connectivity index (χ1v) is 10.5. The van der Waals surface area contributed by atoms with Crippen LogP contribution in [0.2, 0.25) is 0 Å². The van der Waals surface area contributed by atoms with E-state index in [1.807, 2.05) is 30.3 Å². The summed E-state index contributed by atoms with van der Waals surface area (Å²) in [4.78, 5) is 35.6. The van der Waals surface area contributed by atoms with E-state index in [0.717, 1.165) is 29.4 Å². The van der Waals surface area contributed by atoms with Crippen molar-refractivity contribution in [3.05, 3.63) is 60.0 Å². The molecule has 1 N–H and O–H groups in total. The molecule has 156 valence electrons. The van der Waals surface area contributed by atoms with Crippen LogP contribution in [-0.2, 0) is 11.3 Å². The number of carbonyl (C=O) groups is 2. The fraction of sp³-hybridized carbons (Fsp3) is 0.375. The Morgan fingerprint density at radius 2 is 2.00 bits per heavy atom. The molecule has 0 atom stereocenters. The lowest BCUT2D eigenvalue weighted by Gasteiger charge is -2.29. The number of benzene rings is 1. The van der Waals surface area contributed by atoms with Crippen molar-refractivity contribution >= 4 is 22.6 Å². The molecule has 1 fully saturated rings. The monoisotopic (exact) mass is 405 g/mol. The first-order chi connectivity index (χ1) is 14.7. The van der Waals surface area contributed by atoms with Crippen molar-refractivity contribution in [3.8, 4) is 5.75 Å². The summed E-state index contributed by atoms with van der Waals surface area (Å²) in [6.07, 6.45) is 9.17. The molecule has 6 heteroatoms. The van der Waals surface area contributed by atoms with E-state index in [4.69, 9.17) is 4.74 Å². The zero-order valence-corrected chi connectivity index (χ0v) is 17.3. The van der Waals surface area contributed by atoms with E-state index in [-0.39, 0.29) is 0 Å². The Morgan fingerprint density at radius 1 is 1.17 bits per heavy atom. The molecule has 1 aliphatic carbocycles. The molecule has 6 nitrogen and oxygen atoms in total. The van der Waals surface area contributed by atoms with Crippen LogP contribution in [0.5, 0.6) is 5.75 Å². The van der Waals surface area contributed by atoms with Gasteiger partial charge in [0.2, 0.25) is 0 Å². The van der Waals surface area contributed by atoms with Gasteiger partial charge in [0, 0.05) is 35.9 Å². The first-order valence-electron chi connectivity index (χ1n) is 10.5. The second-order valence-electron chi connectivity index (χ2n) is 7.95. The van der Waals surface area contributed by atoms with Crippen molar-refractivity contribution in [2.75, 3.05) is 13.7 Å². The number of Topliss-reactive ketones (excluding diaryl/α,β-unsaturated/α-hetero) is 1. The van der Waals surface area contributed by atoms with Gasteiger partial charge in [0.05, 0.1) is 24.9 Å². The van der Waals surface area contributed by atoms with Crippen molar-refractivity contribution < 1.29 is 14.3 Å². The number of pyridine rings is 1. The molecule has 30 heavy (non-hydrogen) atoms. The van der Waals surface area contributed by atoms with Crippen LogP contribution in [0.3, 0.4) is 0 Å². The molecular weight excluding hydrogens is 378 g/mol. The van der Waals surface area contributed by atoms with Gasteiger partial charge < -0.3 is 14.6 Å². The summed E-state index contributed by atoms with van der Waals surface area (Å²) in [5, 5.41) is 0.726. The van der Waals surface area contributed by atoms with E-state index in [0.29, 0.717) is 30.3 Å². The second-order valence-corrected chi connectivity index (χ2v) is 7.95. The normalized spacial score (nSPS) is 14.6. The van der Waals surface area contributed by atoms with Crippen LogP contribution in [0, 0.1) is 5.92 Å². The molecule has 0 radical (unpaired) electrons. The largest absolute Gasteiger partial charge is 0.497 e. The van der Waals surface area contributed by atoms with E-state index in [2.05, 4.69) is 9.97 Å². The Morgan fingerprint density at radius 3 is 2.73 bits per heavy atom. The Hall–Kier alpha value is -3.15. The molecule has 1 amide bonds. The van der Waals surface area contributed by atoms with Crippen molar-refractivity contribution in [1.82, 2.24) is 14.9 Å². The number of aromatic nitrogens is 2. The lowest BCUT2D eigenvalue weighted by molar-refractivity contribution is -0.127. The van der Waals surface area contributed by atoms with Crippen molar-refractivity contribution in [3.63, 3.8) is 0 Å². The van der Waals surface area contributed by atoms with Gasteiger partial charge in [0.15, 0.2) is 0 Å². The number of nitrogens with one attached hydrogen (secondary N) is 1. The fourth-order valence-electron chi connectivity index (χ4n) is 4.27. The number of hydrogen-bond donors (Lipinski definition) is 1. The van der Waals surface area contributed by atoms with Gasteiger partial charge in [-0.1, -0.05) is 25.3 Å². The maximum absolute atomic E-state index is 13.3. The number of H-pyrrole nitrogens is 1. The average Bonchev–Trinajstić information content (AvgIpc) is 3.22.